The first-order valence-electron chi connectivity index (χ1n) is 14.5. The first kappa shape index (κ1) is 35.8. The van der Waals surface area contributed by atoms with Gasteiger partial charge in [0.05, 0.1) is 33.3 Å². The predicted molar refractivity (Wildman–Crippen MR) is 158 cm³/mol. The average molecular weight is 645 g/mol. The molecule has 248 valence electrons. The summed E-state index contributed by atoms with van der Waals surface area (Å²) in [6.07, 6.45) is -2.56. The molecule has 1 aliphatic heterocycles. The van der Waals surface area contributed by atoms with Crippen LogP contribution in [0.3, 0.4) is 0 Å². The molecule has 0 spiro atoms. The van der Waals surface area contributed by atoms with Crippen LogP contribution in [0.25, 0.3) is 11.2 Å². The molecule has 1 unspecified atom stereocenters. The summed E-state index contributed by atoms with van der Waals surface area (Å²) in [4.78, 5) is 38.4. The second-order valence-electron chi connectivity index (χ2n) is 11.4. The second-order valence-corrected chi connectivity index (χ2v) is 13.2. The fourth-order valence-corrected chi connectivity index (χ4v) is 6.87. The fraction of sp³-hybridized carbons (Fsp3) is 0.741. The van der Waals surface area contributed by atoms with E-state index in [1.54, 1.807) is 48.5 Å². The Bertz CT molecular complexity index is 1320. The Morgan fingerprint density at radius 2 is 1.64 bits per heavy atom. The quantitative estimate of drug-likeness (QED) is 0.161. The van der Waals surface area contributed by atoms with Crippen molar-refractivity contribution in [1.29, 1.82) is 0 Å². The van der Waals surface area contributed by atoms with Gasteiger partial charge in [-0.3, -0.25) is 18.7 Å². The van der Waals surface area contributed by atoms with Crippen molar-refractivity contribution in [2.75, 3.05) is 26.9 Å². The van der Waals surface area contributed by atoms with Crippen LogP contribution in [0, 0.1) is 18.8 Å². The number of nitrogens with zero attached hydrogens (tertiary/aromatic N) is 4. The summed E-state index contributed by atoms with van der Waals surface area (Å²) < 4.78 is 43.4. The molecule has 2 aromatic rings. The third kappa shape index (κ3) is 7.73. The highest BCUT2D eigenvalue weighted by molar-refractivity contribution is 7.54. The number of methoxy groups -OCH3 is 1. The van der Waals surface area contributed by atoms with E-state index in [0.29, 0.717) is 17.0 Å². The van der Waals surface area contributed by atoms with Gasteiger partial charge < -0.3 is 33.7 Å². The smallest absolute Gasteiger partial charge is 0.342 e. The maximum absolute atomic E-state index is 14.4. The summed E-state index contributed by atoms with van der Waals surface area (Å²) >= 11 is 0. The highest BCUT2D eigenvalue weighted by Gasteiger charge is 2.54. The van der Waals surface area contributed by atoms with Gasteiger partial charge in [-0.1, -0.05) is 27.7 Å². The summed E-state index contributed by atoms with van der Waals surface area (Å²) in [7, 11) is -2.84. The minimum Gasteiger partial charge on any atom is -0.479 e. The molecule has 1 saturated heterocycles. The number of hydrogen-bond acceptors (Lipinski definition) is 13. The fourth-order valence-electron chi connectivity index (χ4n) is 4.75. The van der Waals surface area contributed by atoms with E-state index in [2.05, 4.69) is 25.1 Å². The largest absolute Gasteiger partial charge is 0.479 e. The van der Waals surface area contributed by atoms with Gasteiger partial charge >= 0.3 is 19.6 Å². The van der Waals surface area contributed by atoms with Crippen LogP contribution < -0.4 is 14.9 Å². The zero-order valence-corrected chi connectivity index (χ0v) is 27.5. The zero-order chi connectivity index (χ0) is 33.0. The molecule has 17 heteroatoms. The lowest BCUT2D eigenvalue weighted by atomic mass is 9.96. The number of ether oxygens (including phenoxy) is 4. The number of aryl methyl sites for hydroxylation is 1. The number of rotatable bonds is 15. The minimum atomic E-state index is -4.28. The molecule has 0 bridgehead atoms. The van der Waals surface area contributed by atoms with Crippen molar-refractivity contribution >= 4 is 30.8 Å². The van der Waals surface area contributed by atoms with Gasteiger partial charge in [0, 0.05) is 0 Å². The maximum atomic E-state index is 14.4. The lowest BCUT2D eigenvalue weighted by molar-refractivity contribution is -0.146. The molecule has 6 atom stereocenters. The molecule has 44 heavy (non-hydrogen) atoms. The van der Waals surface area contributed by atoms with Crippen LogP contribution in [0.1, 0.15) is 60.5 Å². The Kier molecular flexibility index (Phi) is 11.9. The summed E-state index contributed by atoms with van der Waals surface area (Å²) in [6.45, 7) is 12.9. The Balaban J connectivity index is 1.93. The number of esters is 2. The lowest BCUT2D eigenvalue weighted by Crippen LogP contribution is -2.49. The van der Waals surface area contributed by atoms with Crippen LogP contribution in [0.4, 0.5) is 0 Å². The van der Waals surface area contributed by atoms with Gasteiger partial charge in [-0.2, -0.15) is 4.98 Å². The van der Waals surface area contributed by atoms with Crippen LogP contribution in [0.5, 0.6) is 5.88 Å². The van der Waals surface area contributed by atoms with Crippen LogP contribution in [-0.4, -0.2) is 98.5 Å². The average Bonchev–Trinajstić information content (AvgIpc) is 3.46. The number of fused-ring (bicyclic) bond motifs is 1. The van der Waals surface area contributed by atoms with E-state index in [1.165, 1.54) is 24.9 Å². The molecule has 0 saturated carbocycles. The third-order valence-corrected chi connectivity index (χ3v) is 8.90. The Morgan fingerprint density at radius 3 is 2.11 bits per heavy atom. The van der Waals surface area contributed by atoms with Gasteiger partial charge in [-0.25, -0.2) is 20.1 Å². The van der Waals surface area contributed by atoms with Gasteiger partial charge in [0.25, 0.3) is 0 Å². The summed E-state index contributed by atoms with van der Waals surface area (Å²) in [6, 6.07) is -2.16. The molecule has 2 aromatic heterocycles. The number of nitrogens with one attached hydrogen (secondary N) is 2. The zero-order valence-electron chi connectivity index (χ0n) is 26.6. The van der Waals surface area contributed by atoms with Gasteiger partial charge in [0.2, 0.25) is 5.88 Å². The van der Waals surface area contributed by atoms with Crippen molar-refractivity contribution in [3.63, 3.8) is 0 Å². The highest BCUT2D eigenvalue weighted by atomic mass is 31.2. The monoisotopic (exact) mass is 644 g/mol. The van der Waals surface area contributed by atoms with Crippen molar-refractivity contribution in [1.82, 2.24) is 29.7 Å². The molecule has 1 fully saturated rings. The Labute approximate surface area is 256 Å². The van der Waals surface area contributed by atoms with Gasteiger partial charge in [-0.15, -0.1) is 0 Å². The number of hydrogen-bond donors (Lipinski definition) is 4. The summed E-state index contributed by atoms with van der Waals surface area (Å²) in [5.74, 6) is -1.48. The molecule has 0 amide bonds. The first-order chi connectivity index (χ1) is 20.6. The van der Waals surface area contributed by atoms with Crippen LogP contribution in [0.15, 0.2) is 6.33 Å². The van der Waals surface area contributed by atoms with Crippen molar-refractivity contribution in [2.45, 2.75) is 91.5 Å². The van der Waals surface area contributed by atoms with E-state index in [4.69, 9.17) is 23.5 Å². The molecular weight excluding hydrogens is 599 g/mol. The summed E-state index contributed by atoms with van der Waals surface area (Å²) in [5.41, 5.74) is -1.26. The number of aromatic nitrogens is 4. The number of carbonyl (C=O) groups excluding carboxylic acids is 2. The maximum Gasteiger partial charge on any atom is 0.342 e. The molecule has 0 aliphatic carbocycles. The van der Waals surface area contributed by atoms with E-state index in [-0.39, 0.29) is 30.9 Å². The van der Waals surface area contributed by atoms with E-state index >= 15 is 0 Å². The standard InChI is InChI=1S/C27H45N6O10P/c1-10-40-24(35)18(14(3)4)31-44(38,32-19(15(5)6)25(36)41-11-2)42-12-17-21(34)27(8,37)26(43-17)33-13-28-20-22(33)29-16(7)30-23(20)39-9/h13-15,17-19,21,26,34,37H,10-12H2,1-9H3,(H2,31,32,38)/t17-,18+,19+,21+,26-,27?/m1/s1. The molecule has 4 N–H and O–H groups in total. The SMILES string of the molecule is CCOC(=O)[C@@H](NP(=O)(N[C@H](C(=O)OCC)C(C)C)OC[C@H]1O[C@@H](n2cnc3c(OC)nc(C)nc32)C(C)(O)[C@H]1O)C(C)C. The molecule has 0 radical (unpaired) electrons. The number of aliphatic hydroxyl groups excluding tert-OH is 1. The van der Waals surface area contributed by atoms with E-state index < -0.39 is 62.3 Å². The normalized spacial score (nSPS) is 23.7. The van der Waals surface area contributed by atoms with Gasteiger partial charge in [0.1, 0.15) is 35.7 Å². The molecule has 16 nitrogen and oxygen atoms in total. The van der Waals surface area contributed by atoms with Crippen molar-refractivity contribution in [3.05, 3.63) is 12.2 Å². The predicted octanol–water partition coefficient (Wildman–Crippen LogP) is 1.63. The van der Waals surface area contributed by atoms with E-state index in [1.807, 2.05) is 0 Å². The molecule has 3 rings (SSSR count). The number of aliphatic hydroxyl groups is 2. The van der Waals surface area contributed by atoms with Crippen LogP contribution in [0.2, 0.25) is 0 Å². The van der Waals surface area contributed by atoms with Crippen LogP contribution in [-0.2, 0) is 32.9 Å². The number of carbonyl (C=O) groups is 2. The van der Waals surface area contributed by atoms with Gasteiger partial charge in [-0.05, 0) is 39.5 Å². The summed E-state index contributed by atoms with van der Waals surface area (Å²) in [5, 5.41) is 28.0. The first-order valence-corrected chi connectivity index (χ1v) is 16.2. The van der Waals surface area contributed by atoms with E-state index in [9.17, 15) is 24.4 Å². The Morgan fingerprint density at radius 1 is 1.09 bits per heavy atom. The highest BCUT2D eigenvalue weighted by Crippen LogP contribution is 2.45. The van der Waals surface area contributed by atoms with Crippen LogP contribution >= 0.6 is 7.67 Å². The molecule has 1 aliphatic rings. The van der Waals surface area contributed by atoms with Crippen molar-refractivity contribution in [2.24, 2.45) is 11.8 Å². The van der Waals surface area contributed by atoms with E-state index in [0.717, 1.165) is 0 Å². The second kappa shape index (κ2) is 14.6. The molecular formula is C27H45N6O10P. The van der Waals surface area contributed by atoms with Crippen molar-refractivity contribution in [3.8, 4) is 5.88 Å². The minimum absolute atomic E-state index is 0.0948. The molecule has 3 heterocycles. The molecule has 0 aromatic carbocycles. The van der Waals surface area contributed by atoms with Crippen molar-refractivity contribution < 1.29 is 47.8 Å². The lowest BCUT2D eigenvalue weighted by Gasteiger charge is -2.31. The topological polar surface area (TPSA) is 205 Å². The third-order valence-electron chi connectivity index (χ3n) is 7.15. The van der Waals surface area contributed by atoms with Gasteiger partial charge in [0.15, 0.2) is 17.4 Å². The number of imidazole rings is 1. The Hall–Kier alpha value is -2.72.